The van der Waals surface area contributed by atoms with Crippen molar-refractivity contribution in [3.63, 3.8) is 0 Å². The number of hydrogen-bond donors (Lipinski definition) is 7. The number of likely N-dealkylation sites (tertiary alicyclic amines) is 1. The zero-order valence-corrected chi connectivity index (χ0v) is 46.1. The normalized spacial score (nSPS) is 20.1. The van der Waals surface area contributed by atoms with E-state index in [-0.39, 0.29) is 140 Å². The van der Waals surface area contributed by atoms with Crippen LogP contribution in [0.4, 0.5) is 0 Å². The molecule has 1 saturated carbocycles. The van der Waals surface area contributed by atoms with E-state index in [2.05, 4.69) is 43.3 Å². The van der Waals surface area contributed by atoms with Crippen LogP contribution in [0.2, 0.25) is 0 Å². The zero-order valence-electron chi connectivity index (χ0n) is 44.5. The van der Waals surface area contributed by atoms with Gasteiger partial charge in [0.25, 0.3) is 0 Å². The van der Waals surface area contributed by atoms with Crippen molar-refractivity contribution in [3.05, 3.63) is 70.8 Å². The highest BCUT2D eigenvalue weighted by atomic mass is 35.5. The van der Waals surface area contributed by atoms with E-state index >= 15 is 0 Å². The van der Waals surface area contributed by atoms with Crippen LogP contribution < -0.4 is 37.2 Å². The van der Waals surface area contributed by atoms with E-state index in [1.807, 2.05) is 52.8 Å². The lowest BCUT2D eigenvalue weighted by atomic mass is 9.83. The molecule has 1 aliphatic heterocycles. The van der Waals surface area contributed by atoms with Gasteiger partial charge in [-0.2, -0.15) is 0 Å². The van der Waals surface area contributed by atoms with Crippen LogP contribution in [0.3, 0.4) is 0 Å². The molecular weight excluding hydrogens is 972 g/mol. The van der Waals surface area contributed by atoms with Gasteiger partial charge in [0.15, 0.2) is 11.6 Å². The Labute approximate surface area is 445 Å². The number of Topliss-reactive ketones (excluding diaryl/α,β-unsaturated/α-hetero) is 2. The second kappa shape index (κ2) is 29.9. The van der Waals surface area contributed by atoms with Gasteiger partial charge in [0, 0.05) is 36.6 Å². The van der Waals surface area contributed by atoms with Crippen LogP contribution in [-0.4, -0.2) is 115 Å². The SMILES string of the molecule is CN[C@@H](C)C(=O)N[C@H](C(=O)N[C@@H](CCCC(=O)c1cccc(C(=O)C[C@H]2C[C@@H](C(=O)N[C@@H]3CCCc4ccccc43)N(C(=O)[C@@H](NC(=O)[C@H](C)NC)C3CCCCC3)C2)c1)C(=O)N[C@H](C)C(C)C)C(C)C.Cl.Cl. The van der Waals surface area contributed by atoms with Gasteiger partial charge in [-0.15, -0.1) is 24.8 Å². The second-order valence-electron chi connectivity index (χ2n) is 21.0. The lowest BCUT2D eigenvalue weighted by Crippen LogP contribution is -2.58. The highest BCUT2D eigenvalue weighted by Gasteiger charge is 2.45. The Hall–Kier alpha value is -4.90. The van der Waals surface area contributed by atoms with E-state index in [4.69, 9.17) is 0 Å². The highest BCUT2D eigenvalue weighted by molar-refractivity contribution is 6.02. The number of carbonyl (C=O) groups is 8. The van der Waals surface area contributed by atoms with Crippen LogP contribution in [0.1, 0.15) is 163 Å². The van der Waals surface area contributed by atoms with E-state index in [1.54, 1.807) is 57.1 Å². The summed E-state index contributed by atoms with van der Waals surface area (Å²) in [5.74, 6) is -3.18. The molecule has 6 amide bonds. The van der Waals surface area contributed by atoms with Gasteiger partial charge >= 0.3 is 0 Å². The average molecular weight is 1060 g/mol. The molecule has 0 aromatic heterocycles. The molecule has 18 heteroatoms. The number of nitrogens with zero attached hydrogens (tertiary/aromatic N) is 1. The van der Waals surface area contributed by atoms with E-state index in [1.165, 1.54) is 5.56 Å². The summed E-state index contributed by atoms with van der Waals surface area (Å²) in [5.41, 5.74) is 2.92. The van der Waals surface area contributed by atoms with Gasteiger partial charge in [-0.25, -0.2) is 0 Å². The van der Waals surface area contributed by atoms with E-state index in [9.17, 15) is 38.4 Å². The lowest BCUT2D eigenvalue weighted by Gasteiger charge is -2.35. The Morgan fingerprint density at radius 2 is 1.29 bits per heavy atom. The molecule has 16 nitrogen and oxygen atoms in total. The minimum absolute atomic E-state index is 0. The Kier molecular flexibility index (Phi) is 25.5. The van der Waals surface area contributed by atoms with Crippen molar-refractivity contribution in [1.29, 1.82) is 0 Å². The van der Waals surface area contributed by atoms with Gasteiger partial charge in [0.05, 0.1) is 18.1 Å². The fourth-order valence-electron chi connectivity index (χ4n) is 9.99. The number of likely N-dealkylation sites (N-methyl/N-ethyl adjacent to an activating group) is 2. The minimum atomic E-state index is -0.974. The fourth-order valence-corrected chi connectivity index (χ4v) is 9.99. The summed E-state index contributed by atoms with van der Waals surface area (Å²) >= 11 is 0. The molecule has 7 N–H and O–H groups in total. The van der Waals surface area contributed by atoms with Crippen LogP contribution >= 0.6 is 24.8 Å². The minimum Gasteiger partial charge on any atom is -0.352 e. The third kappa shape index (κ3) is 17.3. The smallest absolute Gasteiger partial charge is 0.246 e. The number of hydrogen-bond acceptors (Lipinski definition) is 10. The highest BCUT2D eigenvalue weighted by Crippen LogP contribution is 2.34. The summed E-state index contributed by atoms with van der Waals surface area (Å²) in [6.07, 6.45) is 7.86. The van der Waals surface area contributed by atoms with E-state index in [0.717, 1.165) is 56.9 Å². The van der Waals surface area contributed by atoms with Crippen molar-refractivity contribution < 1.29 is 38.4 Å². The zero-order chi connectivity index (χ0) is 51.9. The Morgan fingerprint density at radius 3 is 1.92 bits per heavy atom. The standard InChI is InChI=1S/C55H82N8O8.2ClH/c1-32(2)34(5)58-52(68)44(60-54(70)48(33(3)4)61-50(66)35(6)56-8)26-17-27-46(64)40-22-15-23-41(30-40)47(65)29-37-28-45(53(69)59-43-25-16-21-38-18-13-14-24-42(38)43)63(31-37)55(71)49(39-19-11-10-12-20-39)62-51(67)36(7)57-9;;/h13-15,18,22-24,30,32-37,39,43-45,48-49,56-57H,10-12,16-17,19-21,25-29,31H2,1-9H3,(H,58,68)(H,59,69)(H,60,70)(H,61,66)(H,62,67);2*1H/t34-,35+,36+,37-,43-,44+,45+,48+,49+;;/m1../s1. The molecule has 0 bridgehead atoms. The Bertz CT molecular complexity index is 2200. The van der Waals surface area contributed by atoms with Crippen molar-refractivity contribution in [2.24, 2.45) is 23.7 Å². The number of rotatable bonds is 24. The third-order valence-electron chi connectivity index (χ3n) is 15.1. The first-order valence-electron chi connectivity index (χ1n) is 26.2. The molecule has 0 unspecified atom stereocenters. The maximum atomic E-state index is 14.9. The largest absolute Gasteiger partial charge is 0.352 e. The summed E-state index contributed by atoms with van der Waals surface area (Å²) in [4.78, 5) is 112. The van der Waals surface area contributed by atoms with Crippen LogP contribution in [0, 0.1) is 23.7 Å². The second-order valence-corrected chi connectivity index (χ2v) is 21.0. The Morgan fingerprint density at radius 1 is 0.658 bits per heavy atom. The number of aryl methyl sites for hydroxylation is 1. The fraction of sp³-hybridized carbons (Fsp3) is 0.636. The van der Waals surface area contributed by atoms with Crippen LogP contribution in [0.25, 0.3) is 0 Å². The number of nitrogens with one attached hydrogen (secondary N) is 7. The molecule has 0 spiro atoms. The quantitative estimate of drug-likeness (QED) is 0.0614. The number of ketones is 2. The number of halogens is 2. The van der Waals surface area contributed by atoms with Crippen LogP contribution in [-0.2, 0) is 35.2 Å². The van der Waals surface area contributed by atoms with Crippen molar-refractivity contribution in [2.75, 3.05) is 20.6 Å². The molecule has 2 aromatic carbocycles. The molecule has 5 rings (SSSR count). The van der Waals surface area contributed by atoms with Gasteiger partial charge in [0.2, 0.25) is 35.4 Å². The van der Waals surface area contributed by atoms with Gasteiger partial charge in [-0.05, 0) is 127 Å². The molecule has 9 atom stereocenters. The van der Waals surface area contributed by atoms with Crippen LogP contribution in [0.5, 0.6) is 0 Å². The van der Waals surface area contributed by atoms with Crippen molar-refractivity contribution in [2.45, 2.75) is 180 Å². The van der Waals surface area contributed by atoms with Crippen molar-refractivity contribution in [1.82, 2.24) is 42.1 Å². The lowest BCUT2D eigenvalue weighted by molar-refractivity contribution is -0.143. The number of benzene rings is 2. The molecule has 3 aliphatic rings. The van der Waals surface area contributed by atoms with Crippen molar-refractivity contribution in [3.8, 4) is 0 Å². The van der Waals surface area contributed by atoms with Gasteiger partial charge < -0.3 is 42.1 Å². The Balaban J connectivity index is 0.00000703. The number of carbonyl (C=O) groups excluding carboxylic acids is 8. The molecule has 406 valence electrons. The first kappa shape index (κ1) is 62.4. The number of amides is 6. The van der Waals surface area contributed by atoms with Gasteiger partial charge in [-0.3, -0.25) is 38.4 Å². The maximum absolute atomic E-state index is 14.9. The van der Waals surface area contributed by atoms with Gasteiger partial charge in [0.1, 0.15) is 24.2 Å². The van der Waals surface area contributed by atoms with E-state index < -0.39 is 42.2 Å². The van der Waals surface area contributed by atoms with Gasteiger partial charge in [-0.1, -0.05) is 89.4 Å². The molecule has 2 fully saturated rings. The van der Waals surface area contributed by atoms with Crippen molar-refractivity contribution >= 4 is 71.8 Å². The molecule has 0 radical (unpaired) electrons. The average Bonchev–Trinajstić information content (AvgIpc) is 3.79. The molecular formula is C55H84Cl2N8O8. The summed E-state index contributed by atoms with van der Waals surface area (Å²) in [6.45, 7) is 13.0. The number of fused-ring (bicyclic) bond motifs is 1. The summed E-state index contributed by atoms with van der Waals surface area (Å²) in [5, 5.41) is 20.8. The third-order valence-corrected chi connectivity index (χ3v) is 15.1. The molecule has 2 aliphatic carbocycles. The summed E-state index contributed by atoms with van der Waals surface area (Å²) in [7, 11) is 3.34. The molecule has 2 aromatic rings. The topological polar surface area (TPSA) is 224 Å². The monoisotopic (exact) mass is 1050 g/mol. The maximum Gasteiger partial charge on any atom is 0.246 e. The van der Waals surface area contributed by atoms with E-state index in [0.29, 0.717) is 11.1 Å². The first-order chi connectivity index (χ1) is 33.8. The molecule has 1 heterocycles. The summed E-state index contributed by atoms with van der Waals surface area (Å²) in [6, 6.07) is 9.62. The molecule has 1 saturated heterocycles. The van der Waals surface area contributed by atoms with Crippen LogP contribution in [0.15, 0.2) is 48.5 Å². The first-order valence-corrected chi connectivity index (χ1v) is 26.2. The predicted octanol–water partition coefficient (Wildman–Crippen LogP) is 5.93. The molecule has 73 heavy (non-hydrogen) atoms. The summed E-state index contributed by atoms with van der Waals surface area (Å²) < 4.78 is 0. The predicted molar refractivity (Wildman–Crippen MR) is 289 cm³/mol.